The van der Waals surface area contributed by atoms with Crippen molar-refractivity contribution in [2.24, 2.45) is 0 Å². The van der Waals surface area contributed by atoms with Gasteiger partial charge < -0.3 is 19.3 Å². The van der Waals surface area contributed by atoms with Gasteiger partial charge in [-0.15, -0.1) is 0 Å². The van der Waals surface area contributed by atoms with Crippen molar-refractivity contribution < 1.29 is 14.0 Å². The standard InChI is InChI=1S/C11H14N4O3/c1-7-4-8(15-18-7)6-12-11-13-9(16-2)5-10(14-11)17-3/h4-5H,6H2,1-3H3,(H,12,13,14). The molecule has 2 rings (SSSR count). The zero-order valence-corrected chi connectivity index (χ0v) is 10.4. The normalized spacial score (nSPS) is 10.2. The van der Waals surface area contributed by atoms with Gasteiger partial charge in [0.15, 0.2) is 0 Å². The van der Waals surface area contributed by atoms with E-state index in [0.717, 1.165) is 11.5 Å². The monoisotopic (exact) mass is 250 g/mol. The second-order valence-electron chi connectivity index (χ2n) is 3.56. The highest BCUT2D eigenvalue weighted by atomic mass is 16.5. The lowest BCUT2D eigenvalue weighted by molar-refractivity contribution is 0.372. The maximum atomic E-state index is 5.05. The lowest BCUT2D eigenvalue weighted by atomic mass is 10.4. The largest absolute Gasteiger partial charge is 0.481 e. The van der Waals surface area contributed by atoms with Crippen LogP contribution in [0.1, 0.15) is 11.5 Å². The lowest BCUT2D eigenvalue weighted by Gasteiger charge is -2.06. The average Bonchev–Trinajstić information content (AvgIpc) is 2.81. The highest BCUT2D eigenvalue weighted by Crippen LogP contribution is 2.17. The van der Waals surface area contributed by atoms with Gasteiger partial charge in [0, 0.05) is 6.07 Å². The summed E-state index contributed by atoms with van der Waals surface area (Å²) >= 11 is 0. The molecule has 2 aromatic rings. The van der Waals surface area contributed by atoms with Crippen LogP contribution in [0.5, 0.6) is 11.8 Å². The molecule has 0 unspecified atom stereocenters. The third kappa shape index (κ3) is 2.88. The Labute approximate surface area is 104 Å². The number of anilines is 1. The Morgan fingerprint density at radius 2 is 1.83 bits per heavy atom. The van der Waals surface area contributed by atoms with Gasteiger partial charge in [-0.3, -0.25) is 0 Å². The van der Waals surface area contributed by atoms with Crippen LogP contribution in [-0.2, 0) is 6.54 Å². The highest BCUT2D eigenvalue weighted by Gasteiger charge is 2.06. The molecule has 0 amide bonds. The molecular formula is C11H14N4O3. The van der Waals surface area contributed by atoms with Gasteiger partial charge in [0.2, 0.25) is 17.7 Å². The van der Waals surface area contributed by atoms with Crippen LogP contribution in [0, 0.1) is 6.92 Å². The molecule has 0 aliphatic carbocycles. The molecule has 18 heavy (non-hydrogen) atoms. The summed E-state index contributed by atoms with van der Waals surface area (Å²) in [5, 5.41) is 6.88. The Morgan fingerprint density at radius 3 is 2.33 bits per heavy atom. The molecule has 0 aliphatic rings. The van der Waals surface area contributed by atoms with Crippen LogP contribution >= 0.6 is 0 Å². The minimum atomic E-state index is 0.409. The molecule has 0 saturated carbocycles. The van der Waals surface area contributed by atoms with E-state index >= 15 is 0 Å². The maximum Gasteiger partial charge on any atom is 0.229 e. The molecule has 0 saturated heterocycles. The SMILES string of the molecule is COc1cc(OC)nc(NCc2cc(C)on2)n1. The first-order valence-corrected chi connectivity index (χ1v) is 5.34. The van der Waals surface area contributed by atoms with Crippen molar-refractivity contribution in [3.8, 4) is 11.8 Å². The molecule has 2 aromatic heterocycles. The summed E-state index contributed by atoms with van der Waals surface area (Å²) in [6, 6.07) is 3.44. The van der Waals surface area contributed by atoms with E-state index in [-0.39, 0.29) is 0 Å². The number of hydrogen-bond donors (Lipinski definition) is 1. The van der Waals surface area contributed by atoms with Gasteiger partial charge in [-0.05, 0) is 6.92 Å². The van der Waals surface area contributed by atoms with Gasteiger partial charge in [-0.1, -0.05) is 5.16 Å². The van der Waals surface area contributed by atoms with Gasteiger partial charge in [0.05, 0.1) is 26.8 Å². The quantitative estimate of drug-likeness (QED) is 0.858. The Bertz CT molecular complexity index is 505. The van der Waals surface area contributed by atoms with Gasteiger partial charge in [-0.2, -0.15) is 9.97 Å². The molecule has 0 aromatic carbocycles. The van der Waals surface area contributed by atoms with E-state index in [4.69, 9.17) is 14.0 Å². The number of rotatable bonds is 5. The molecule has 0 bridgehead atoms. The number of hydrogen-bond acceptors (Lipinski definition) is 7. The fraction of sp³-hybridized carbons (Fsp3) is 0.364. The van der Waals surface area contributed by atoms with Crippen molar-refractivity contribution in [3.63, 3.8) is 0 Å². The van der Waals surface area contributed by atoms with E-state index in [1.807, 2.05) is 13.0 Å². The number of ether oxygens (including phenoxy) is 2. The van der Waals surface area contributed by atoms with Crippen LogP contribution in [0.15, 0.2) is 16.7 Å². The molecule has 0 spiro atoms. The summed E-state index contributed by atoms with van der Waals surface area (Å²) in [6.45, 7) is 2.30. The first-order chi connectivity index (χ1) is 8.71. The van der Waals surface area contributed by atoms with E-state index in [1.165, 1.54) is 14.2 Å². The summed E-state index contributed by atoms with van der Waals surface area (Å²) < 4.78 is 15.1. The predicted octanol–water partition coefficient (Wildman–Crippen LogP) is 1.40. The number of aryl methyl sites for hydroxylation is 1. The number of nitrogens with zero attached hydrogens (tertiary/aromatic N) is 3. The Hall–Kier alpha value is -2.31. The summed E-state index contributed by atoms with van der Waals surface area (Å²) in [5.74, 6) is 2.03. The first-order valence-electron chi connectivity index (χ1n) is 5.34. The molecule has 0 radical (unpaired) electrons. The van der Waals surface area contributed by atoms with Crippen molar-refractivity contribution in [3.05, 3.63) is 23.6 Å². The summed E-state index contributed by atoms with van der Waals surface area (Å²) in [6.07, 6.45) is 0. The van der Waals surface area contributed by atoms with Crippen molar-refractivity contribution in [2.45, 2.75) is 13.5 Å². The van der Waals surface area contributed by atoms with Crippen molar-refractivity contribution in [1.29, 1.82) is 0 Å². The fourth-order valence-electron chi connectivity index (χ4n) is 1.36. The molecule has 1 N–H and O–H groups in total. The lowest BCUT2D eigenvalue weighted by Crippen LogP contribution is -2.05. The minimum Gasteiger partial charge on any atom is -0.481 e. The van der Waals surface area contributed by atoms with Gasteiger partial charge in [-0.25, -0.2) is 0 Å². The van der Waals surface area contributed by atoms with Crippen LogP contribution in [0.2, 0.25) is 0 Å². The van der Waals surface area contributed by atoms with Crippen LogP contribution < -0.4 is 14.8 Å². The first kappa shape index (κ1) is 12.2. The van der Waals surface area contributed by atoms with Crippen LogP contribution in [0.25, 0.3) is 0 Å². The topological polar surface area (TPSA) is 82.3 Å². The van der Waals surface area contributed by atoms with Crippen LogP contribution in [-0.4, -0.2) is 29.3 Å². The summed E-state index contributed by atoms with van der Waals surface area (Å²) in [4.78, 5) is 8.28. The molecule has 0 fully saturated rings. The second-order valence-corrected chi connectivity index (χ2v) is 3.56. The number of nitrogens with one attached hydrogen (secondary N) is 1. The summed E-state index contributed by atoms with van der Waals surface area (Å²) in [7, 11) is 3.07. The van der Waals surface area contributed by atoms with Crippen LogP contribution in [0.4, 0.5) is 5.95 Å². The molecule has 96 valence electrons. The molecule has 7 nitrogen and oxygen atoms in total. The zero-order valence-electron chi connectivity index (χ0n) is 10.4. The van der Waals surface area contributed by atoms with E-state index < -0.39 is 0 Å². The van der Waals surface area contributed by atoms with Crippen molar-refractivity contribution >= 4 is 5.95 Å². The molecule has 0 aliphatic heterocycles. The third-order valence-corrected chi connectivity index (χ3v) is 2.20. The smallest absolute Gasteiger partial charge is 0.229 e. The van der Waals surface area contributed by atoms with Gasteiger partial charge in [0.1, 0.15) is 11.5 Å². The Morgan fingerprint density at radius 1 is 1.17 bits per heavy atom. The third-order valence-electron chi connectivity index (χ3n) is 2.20. The number of methoxy groups -OCH3 is 2. The number of aromatic nitrogens is 3. The van der Waals surface area contributed by atoms with Gasteiger partial charge >= 0.3 is 0 Å². The zero-order chi connectivity index (χ0) is 13.0. The van der Waals surface area contributed by atoms with E-state index in [0.29, 0.717) is 24.3 Å². The van der Waals surface area contributed by atoms with Gasteiger partial charge in [0.25, 0.3) is 0 Å². The van der Waals surface area contributed by atoms with E-state index in [1.54, 1.807) is 6.07 Å². The maximum absolute atomic E-state index is 5.05. The van der Waals surface area contributed by atoms with E-state index in [2.05, 4.69) is 20.4 Å². The predicted molar refractivity (Wildman–Crippen MR) is 63.7 cm³/mol. The molecular weight excluding hydrogens is 236 g/mol. The second kappa shape index (κ2) is 5.35. The molecule has 2 heterocycles. The highest BCUT2D eigenvalue weighted by molar-refractivity contribution is 5.34. The fourth-order valence-corrected chi connectivity index (χ4v) is 1.36. The average molecular weight is 250 g/mol. The Balaban J connectivity index is 2.08. The van der Waals surface area contributed by atoms with E-state index in [9.17, 15) is 0 Å². The Kier molecular flexibility index (Phi) is 3.61. The summed E-state index contributed by atoms with van der Waals surface area (Å²) in [5.41, 5.74) is 0.776. The molecule has 7 heteroatoms. The van der Waals surface area contributed by atoms with Crippen molar-refractivity contribution in [1.82, 2.24) is 15.1 Å². The van der Waals surface area contributed by atoms with Crippen LogP contribution in [0.3, 0.4) is 0 Å². The van der Waals surface area contributed by atoms with Crippen molar-refractivity contribution in [2.75, 3.05) is 19.5 Å². The minimum absolute atomic E-state index is 0.409. The molecule has 0 atom stereocenters.